The van der Waals surface area contributed by atoms with Gasteiger partial charge in [0.1, 0.15) is 0 Å². The van der Waals surface area contributed by atoms with E-state index in [9.17, 15) is 5.11 Å². The zero-order valence-electron chi connectivity index (χ0n) is 9.54. The standard InChI is InChI=1S/C9H12O.C5H5.Fe/c1-7(2)9(10)8-5-3-4-6-8;1-2-4-5-3-1;/h3-7,10H,1-2H3;1-5H;/q;-1;+2/p-1. The van der Waals surface area contributed by atoms with Crippen LogP contribution in [0.5, 0.6) is 0 Å². The van der Waals surface area contributed by atoms with Crippen LogP contribution in [0.15, 0.2) is 66.0 Å². The molecule has 0 heterocycles. The Morgan fingerprint density at radius 1 is 1.12 bits per heavy atom. The molecule has 1 aromatic carbocycles. The predicted molar refractivity (Wildman–Crippen MR) is 62.2 cm³/mol. The van der Waals surface area contributed by atoms with Crippen LogP contribution in [0.2, 0.25) is 0 Å². The van der Waals surface area contributed by atoms with Gasteiger partial charge in [-0.05, 0) is 11.5 Å². The van der Waals surface area contributed by atoms with E-state index in [1.165, 1.54) is 0 Å². The number of hydrogen-bond acceptors (Lipinski definition) is 1. The number of hydrogen-bond donors (Lipinski definition) is 0. The third-order valence-electron chi connectivity index (χ3n) is 2.03. The molecule has 1 aliphatic carbocycles. The van der Waals surface area contributed by atoms with Gasteiger partial charge in [-0.25, -0.2) is 12.1 Å². The van der Waals surface area contributed by atoms with E-state index >= 15 is 0 Å². The van der Waals surface area contributed by atoms with E-state index < -0.39 is 0 Å². The maximum Gasteiger partial charge on any atom is 2.00 e. The summed E-state index contributed by atoms with van der Waals surface area (Å²) < 4.78 is 0. The smallest absolute Gasteiger partial charge is 0.875 e. The van der Waals surface area contributed by atoms with E-state index in [4.69, 9.17) is 0 Å². The Hall–Kier alpha value is -1.11. The first-order valence-corrected chi connectivity index (χ1v) is 5.14. The molecule has 0 atom stereocenters. The van der Waals surface area contributed by atoms with Crippen LogP contribution >= 0.6 is 0 Å². The first-order chi connectivity index (χ1) is 7.22. The Kier molecular flexibility index (Phi) is 7.53. The summed E-state index contributed by atoms with van der Waals surface area (Å²) in [4.78, 5) is 0. The Morgan fingerprint density at radius 3 is 1.94 bits per heavy atom. The van der Waals surface area contributed by atoms with Crippen LogP contribution < -0.4 is 5.11 Å². The molecule has 2 rings (SSSR count). The van der Waals surface area contributed by atoms with Crippen molar-refractivity contribution in [3.05, 3.63) is 66.0 Å². The Labute approximate surface area is 108 Å². The van der Waals surface area contributed by atoms with E-state index in [-0.39, 0.29) is 28.7 Å². The summed E-state index contributed by atoms with van der Waals surface area (Å²) in [6.45, 7) is 3.82. The minimum absolute atomic E-state index is 0. The molecule has 2 heteroatoms. The quantitative estimate of drug-likeness (QED) is 0.430. The number of allylic oxidation sites excluding steroid dienone is 6. The van der Waals surface area contributed by atoms with Gasteiger partial charge in [0.05, 0.1) is 0 Å². The molecule has 16 heavy (non-hydrogen) atoms. The Balaban J connectivity index is 0.000000318. The minimum Gasteiger partial charge on any atom is -0.875 e. The average Bonchev–Trinajstić information content (AvgIpc) is 2.92. The zero-order chi connectivity index (χ0) is 11.1. The van der Waals surface area contributed by atoms with Crippen LogP contribution in [0.1, 0.15) is 13.8 Å². The van der Waals surface area contributed by atoms with Gasteiger partial charge in [-0.15, -0.1) is 5.76 Å². The van der Waals surface area contributed by atoms with Crippen molar-refractivity contribution in [2.45, 2.75) is 13.8 Å². The van der Waals surface area contributed by atoms with Crippen molar-refractivity contribution in [1.29, 1.82) is 0 Å². The molecule has 86 valence electrons. The summed E-state index contributed by atoms with van der Waals surface area (Å²) >= 11 is 0. The molecule has 1 nitrogen and oxygen atoms in total. The summed E-state index contributed by atoms with van der Waals surface area (Å²) in [6, 6.07) is 10.0. The summed E-state index contributed by atoms with van der Waals surface area (Å²) in [7, 11) is 0. The van der Waals surface area contributed by atoms with Gasteiger partial charge >= 0.3 is 17.1 Å². The second kappa shape index (κ2) is 8.09. The number of rotatable bonds is 1. The SMILES string of the molecule is CC(C)C([O-])=C1C=CC=C1.[Fe+2].c1cc[cH-]c1. The second-order valence-electron chi connectivity index (χ2n) is 3.65. The normalized spacial score (nSPS) is 12.1. The fourth-order valence-electron chi connectivity index (χ4n) is 1.19. The van der Waals surface area contributed by atoms with E-state index in [1.54, 1.807) is 0 Å². The van der Waals surface area contributed by atoms with E-state index in [1.807, 2.05) is 68.5 Å². The summed E-state index contributed by atoms with van der Waals surface area (Å²) in [5.74, 6) is 0.340. The van der Waals surface area contributed by atoms with Crippen LogP contribution in [0.4, 0.5) is 0 Å². The van der Waals surface area contributed by atoms with Gasteiger partial charge in [0.2, 0.25) is 0 Å². The molecule has 1 aliphatic rings. The van der Waals surface area contributed by atoms with Gasteiger partial charge in [-0.3, -0.25) is 0 Å². The van der Waals surface area contributed by atoms with Gasteiger partial charge < -0.3 is 5.11 Å². The van der Waals surface area contributed by atoms with E-state index in [2.05, 4.69) is 0 Å². The van der Waals surface area contributed by atoms with Gasteiger partial charge in [0.25, 0.3) is 0 Å². The van der Waals surface area contributed by atoms with E-state index in [0.717, 1.165) is 5.57 Å². The van der Waals surface area contributed by atoms with Crippen LogP contribution in [-0.2, 0) is 17.1 Å². The van der Waals surface area contributed by atoms with Crippen molar-refractivity contribution in [1.82, 2.24) is 0 Å². The molecule has 0 aromatic heterocycles. The van der Waals surface area contributed by atoms with Crippen molar-refractivity contribution in [3.8, 4) is 0 Å². The van der Waals surface area contributed by atoms with Gasteiger partial charge in [-0.1, -0.05) is 38.2 Å². The predicted octanol–water partition coefficient (Wildman–Crippen LogP) is 2.79. The summed E-state index contributed by atoms with van der Waals surface area (Å²) in [5, 5.41) is 11.2. The maximum atomic E-state index is 11.2. The molecule has 0 unspecified atom stereocenters. The van der Waals surface area contributed by atoms with Crippen molar-refractivity contribution in [2.24, 2.45) is 5.92 Å². The molecule has 0 spiro atoms. The topological polar surface area (TPSA) is 23.1 Å². The molecule has 0 aliphatic heterocycles. The summed E-state index contributed by atoms with van der Waals surface area (Å²) in [6.07, 6.45) is 7.47. The monoisotopic (exact) mass is 256 g/mol. The average molecular weight is 256 g/mol. The van der Waals surface area contributed by atoms with E-state index in [0.29, 0.717) is 0 Å². The molecule has 0 radical (unpaired) electrons. The minimum atomic E-state index is 0. The van der Waals surface area contributed by atoms with Crippen LogP contribution in [0, 0.1) is 5.92 Å². The molecular formula is C14H16FeO. The molecule has 0 saturated carbocycles. The van der Waals surface area contributed by atoms with Gasteiger partial charge in [0.15, 0.2) is 0 Å². The van der Waals surface area contributed by atoms with Crippen molar-refractivity contribution in [3.63, 3.8) is 0 Å². The molecule has 0 amide bonds. The molecule has 0 fully saturated rings. The Bertz CT molecular complexity index is 325. The zero-order valence-corrected chi connectivity index (χ0v) is 10.6. The fraction of sp³-hybridized carbons (Fsp3) is 0.214. The molecule has 0 saturated heterocycles. The summed E-state index contributed by atoms with van der Waals surface area (Å²) in [5.41, 5.74) is 0.829. The molecule has 0 N–H and O–H groups in total. The fourth-order valence-corrected chi connectivity index (χ4v) is 1.19. The largest absolute Gasteiger partial charge is 2.00 e. The van der Waals surface area contributed by atoms with Crippen molar-refractivity contribution >= 4 is 0 Å². The first kappa shape index (κ1) is 14.9. The molecule has 1 aromatic rings. The molecular weight excluding hydrogens is 240 g/mol. The molecule has 0 bridgehead atoms. The Morgan fingerprint density at radius 2 is 1.62 bits per heavy atom. The van der Waals surface area contributed by atoms with Crippen molar-refractivity contribution < 1.29 is 22.2 Å². The van der Waals surface area contributed by atoms with Crippen LogP contribution in [0.25, 0.3) is 0 Å². The van der Waals surface area contributed by atoms with Crippen LogP contribution in [0.3, 0.4) is 0 Å². The second-order valence-corrected chi connectivity index (χ2v) is 3.65. The van der Waals surface area contributed by atoms with Gasteiger partial charge in [-0.2, -0.15) is 18.2 Å². The third-order valence-corrected chi connectivity index (χ3v) is 2.03. The first-order valence-electron chi connectivity index (χ1n) is 5.14. The third kappa shape index (κ3) is 5.11. The maximum absolute atomic E-state index is 11.2. The van der Waals surface area contributed by atoms with Crippen molar-refractivity contribution in [2.75, 3.05) is 0 Å². The van der Waals surface area contributed by atoms with Gasteiger partial charge in [0, 0.05) is 0 Å². The van der Waals surface area contributed by atoms with Crippen LogP contribution in [-0.4, -0.2) is 0 Å².